The van der Waals surface area contributed by atoms with Gasteiger partial charge in [-0.3, -0.25) is 19.9 Å². The van der Waals surface area contributed by atoms with Crippen LogP contribution in [0.5, 0.6) is 46.0 Å². The van der Waals surface area contributed by atoms with Gasteiger partial charge in [-0.2, -0.15) is 0 Å². The lowest BCUT2D eigenvalue weighted by atomic mass is 10.2. The van der Waals surface area contributed by atoms with Crippen LogP contribution < -0.4 is 59.2 Å². The maximum absolute atomic E-state index is 12.4. The molecule has 0 bridgehead atoms. The van der Waals surface area contributed by atoms with Crippen LogP contribution in [0.3, 0.4) is 0 Å². The first-order valence-corrected chi connectivity index (χ1v) is 32.9. The number of para-hydroxylation sites is 1. The van der Waals surface area contributed by atoms with Gasteiger partial charge in [0.2, 0.25) is 0 Å². The summed E-state index contributed by atoms with van der Waals surface area (Å²) in [6.07, 6.45) is 8.85. The van der Waals surface area contributed by atoms with Gasteiger partial charge in [0.05, 0.1) is 68.9 Å². The van der Waals surface area contributed by atoms with Gasteiger partial charge < -0.3 is 77.3 Å². The molecule has 24 nitrogen and oxygen atoms in total. The minimum Gasteiger partial charge on any atom is -0.497 e. The van der Waals surface area contributed by atoms with Gasteiger partial charge in [0.15, 0.2) is 45.6 Å². The summed E-state index contributed by atoms with van der Waals surface area (Å²) in [6, 6.07) is 65.9. The molecule has 4 N–H and O–H groups in total. The number of benzene rings is 8. The Morgan fingerprint density at radius 1 is 0.318 bits per heavy atom. The van der Waals surface area contributed by atoms with Gasteiger partial charge in [-0.15, -0.1) is 13.2 Å². The minimum atomic E-state index is -4.75. The smallest absolute Gasteiger partial charge is 0.497 e. The van der Waals surface area contributed by atoms with Crippen LogP contribution in [-0.4, -0.2) is 68.3 Å². The Balaban J connectivity index is 0.000000126. The second kappa shape index (κ2) is 34.5. The normalized spacial score (nSPS) is 10.9. The van der Waals surface area contributed by atoms with Crippen LogP contribution in [0.2, 0.25) is 0 Å². The molecule has 0 atom stereocenters. The average molecular weight is 1440 g/mol. The second-order valence-electron chi connectivity index (χ2n) is 23.0. The summed E-state index contributed by atoms with van der Waals surface area (Å²) < 4.78 is 102. The van der Waals surface area contributed by atoms with Crippen molar-refractivity contribution in [3.05, 3.63) is 290 Å². The lowest BCUT2D eigenvalue weighted by molar-refractivity contribution is -0.274. The Morgan fingerprint density at radius 3 is 1.03 bits per heavy atom. The molecule has 107 heavy (non-hydrogen) atoms. The van der Waals surface area contributed by atoms with E-state index in [0.29, 0.717) is 99.4 Å². The third-order valence-corrected chi connectivity index (χ3v) is 15.7. The average Bonchev–Trinajstić information content (AvgIpc) is 1.68. The molecule has 0 saturated carbocycles. The molecule has 0 aliphatic heterocycles. The summed E-state index contributed by atoms with van der Waals surface area (Å²) in [5.74, 6) is 6.86. The lowest BCUT2D eigenvalue weighted by Gasteiger charge is -2.11. The zero-order valence-corrected chi connectivity index (χ0v) is 57.3. The maximum Gasteiger partial charge on any atom is 0.573 e. The molecule has 0 aliphatic carbocycles. The SMILES string of the molecule is COc1ccc(COc2cccc3onc(Nc4cccnc4)c23)cc1.COc1cccc(COc2cccc3onc(Nc4cccnc4)c23)c1.COc1ccccc1COc1cccc2onc(Nc3cccnc3)c12.FC(F)(F)Oc1cccc(COc2cccc3onc(Nc4cccnc4)c23)c1. The molecule has 0 aliphatic rings. The highest BCUT2D eigenvalue weighted by Crippen LogP contribution is 2.39. The van der Waals surface area contributed by atoms with Crippen molar-refractivity contribution in [2.45, 2.75) is 32.8 Å². The van der Waals surface area contributed by atoms with E-state index in [1.807, 2.05) is 170 Å². The van der Waals surface area contributed by atoms with Gasteiger partial charge >= 0.3 is 6.36 Å². The molecule has 16 aromatic rings. The van der Waals surface area contributed by atoms with E-state index in [1.165, 1.54) is 18.2 Å². The first kappa shape index (κ1) is 71.0. The molecule has 0 fully saturated rings. The number of nitrogens with zero attached hydrogens (tertiary/aromatic N) is 8. The van der Waals surface area contributed by atoms with Crippen LogP contribution >= 0.6 is 0 Å². The number of aromatic nitrogens is 8. The van der Waals surface area contributed by atoms with Crippen molar-refractivity contribution in [1.82, 2.24) is 40.6 Å². The van der Waals surface area contributed by atoms with Gasteiger partial charge in [-0.25, -0.2) is 0 Å². The van der Waals surface area contributed by atoms with Crippen molar-refractivity contribution in [3.63, 3.8) is 0 Å². The van der Waals surface area contributed by atoms with E-state index in [2.05, 4.69) is 66.6 Å². The zero-order valence-electron chi connectivity index (χ0n) is 57.3. The van der Waals surface area contributed by atoms with Crippen LogP contribution in [0.4, 0.5) is 59.2 Å². The van der Waals surface area contributed by atoms with E-state index in [-0.39, 0.29) is 12.4 Å². The van der Waals surface area contributed by atoms with Crippen LogP contribution in [0.25, 0.3) is 43.9 Å². The van der Waals surface area contributed by atoms with Crippen LogP contribution in [0, 0.1) is 0 Å². The van der Waals surface area contributed by atoms with Crippen molar-refractivity contribution in [2.24, 2.45) is 0 Å². The maximum atomic E-state index is 12.4. The van der Waals surface area contributed by atoms with Crippen LogP contribution in [0.15, 0.2) is 286 Å². The number of nitrogens with one attached hydrogen (secondary N) is 4. The molecular formula is C80H65F3N12O12. The molecular weight excluding hydrogens is 1380 g/mol. The van der Waals surface area contributed by atoms with Gasteiger partial charge in [-0.05, 0) is 156 Å². The molecule has 27 heteroatoms. The minimum absolute atomic E-state index is 0.0334. The number of alkyl halides is 3. The summed E-state index contributed by atoms with van der Waals surface area (Å²) in [4.78, 5) is 16.3. The van der Waals surface area contributed by atoms with Crippen molar-refractivity contribution < 1.29 is 69.2 Å². The topological polar surface area (TPSA) is 278 Å². The number of rotatable bonds is 24. The number of pyridine rings is 4. The van der Waals surface area contributed by atoms with Crippen molar-refractivity contribution >= 4 is 89.9 Å². The summed E-state index contributed by atoms with van der Waals surface area (Å²) in [6.45, 7) is 1.25. The van der Waals surface area contributed by atoms with E-state index in [9.17, 15) is 13.2 Å². The number of fused-ring (bicyclic) bond motifs is 4. The summed E-state index contributed by atoms with van der Waals surface area (Å²) in [5.41, 5.74) is 9.18. The monoisotopic (exact) mass is 1440 g/mol. The number of halogens is 3. The van der Waals surface area contributed by atoms with Crippen molar-refractivity contribution in [3.8, 4) is 46.0 Å². The highest BCUT2D eigenvalue weighted by Gasteiger charge is 2.31. The first-order chi connectivity index (χ1) is 52.5. The number of ether oxygens (including phenoxy) is 8. The summed E-state index contributed by atoms with van der Waals surface area (Å²) in [7, 11) is 4.94. The fraction of sp³-hybridized carbons (Fsp3) is 0.100. The number of hydrogen-bond donors (Lipinski definition) is 4. The fourth-order valence-corrected chi connectivity index (χ4v) is 10.7. The number of hydrogen-bond acceptors (Lipinski definition) is 24. The molecule has 16 rings (SSSR count). The molecule has 8 aromatic carbocycles. The quantitative estimate of drug-likeness (QED) is 0.0437. The molecule has 0 amide bonds. The predicted octanol–water partition coefficient (Wildman–Crippen LogP) is 19.1. The van der Waals surface area contributed by atoms with E-state index in [4.69, 9.17) is 51.3 Å². The Hall–Kier alpha value is -14.4. The third kappa shape index (κ3) is 18.8. The van der Waals surface area contributed by atoms with Crippen LogP contribution in [-0.2, 0) is 26.4 Å². The first-order valence-electron chi connectivity index (χ1n) is 32.9. The highest BCUT2D eigenvalue weighted by atomic mass is 19.4. The van der Waals surface area contributed by atoms with Crippen molar-refractivity contribution in [1.29, 1.82) is 0 Å². The second-order valence-corrected chi connectivity index (χ2v) is 23.0. The van der Waals surface area contributed by atoms with E-state index in [0.717, 1.165) is 72.8 Å². The summed E-state index contributed by atoms with van der Waals surface area (Å²) in [5, 5.41) is 32.1. The Labute approximate surface area is 608 Å². The van der Waals surface area contributed by atoms with Crippen LogP contribution in [0.1, 0.15) is 22.3 Å². The highest BCUT2D eigenvalue weighted by molar-refractivity contribution is 5.98. The van der Waals surface area contributed by atoms with E-state index < -0.39 is 6.36 Å². The Kier molecular flexibility index (Phi) is 22.9. The van der Waals surface area contributed by atoms with Gasteiger partial charge in [0, 0.05) is 30.4 Å². The Bertz CT molecular complexity index is 5510. The third-order valence-electron chi connectivity index (χ3n) is 15.7. The largest absolute Gasteiger partial charge is 0.573 e. The van der Waals surface area contributed by atoms with E-state index in [1.54, 1.807) is 101 Å². The number of anilines is 8. The summed E-state index contributed by atoms with van der Waals surface area (Å²) >= 11 is 0. The number of methoxy groups -OCH3 is 3. The molecule has 0 spiro atoms. The van der Waals surface area contributed by atoms with E-state index >= 15 is 0 Å². The standard InChI is InChI=1S/C20H14F3N3O3.3C20H17N3O3/c21-20(22,23)28-15-6-1-4-13(10-15)12-27-16-7-2-8-17-18(16)19(26-29-17)25-14-5-3-9-24-11-14;1-24-16-7-2-5-14(11-16)13-25-17-8-3-9-18-19(17)20(23-26-18)22-15-6-4-10-21-12-15;1-24-16-9-7-14(8-10-16)13-25-17-5-2-6-18-19(17)20(23-26-18)22-15-4-3-11-21-12-15;1-24-16-8-3-2-6-14(16)13-25-17-9-4-10-18-19(17)20(23-26-18)22-15-7-5-11-21-12-15/h1-11H,12H2,(H,25,26);3*2-12H,13H2,1H3,(H,22,23). The molecule has 0 radical (unpaired) electrons. The molecule has 8 aromatic heterocycles. The van der Waals surface area contributed by atoms with Gasteiger partial charge in [0.1, 0.15) is 94.0 Å². The molecule has 0 unspecified atom stereocenters. The predicted molar refractivity (Wildman–Crippen MR) is 396 cm³/mol. The fourth-order valence-electron chi connectivity index (χ4n) is 10.7. The van der Waals surface area contributed by atoms with Gasteiger partial charge in [0.25, 0.3) is 0 Å². The zero-order chi connectivity index (χ0) is 73.6. The molecule has 538 valence electrons. The lowest BCUT2D eigenvalue weighted by Crippen LogP contribution is -2.17. The van der Waals surface area contributed by atoms with Gasteiger partial charge in [-0.1, -0.05) is 99.5 Å². The molecule has 0 saturated heterocycles. The molecule has 8 heterocycles. The Morgan fingerprint density at radius 2 is 0.664 bits per heavy atom. The van der Waals surface area contributed by atoms with Crippen molar-refractivity contribution in [2.75, 3.05) is 42.6 Å².